The van der Waals surface area contributed by atoms with E-state index in [1.54, 1.807) is 30.5 Å². The van der Waals surface area contributed by atoms with E-state index in [-0.39, 0.29) is 17.8 Å². The van der Waals surface area contributed by atoms with Gasteiger partial charge < -0.3 is 10.1 Å². The van der Waals surface area contributed by atoms with Crippen molar-refractivity contribution in [3.05, 3.63) is 59.5 Å². The van der Waals surface area contributed by atoms with E-state index >= 15 is 0 Å². The van der Waals surface area contributed by atoms with Crippen LogP contribution in [0.2, 0.25) is 0 Å². The molecule has 2 atom stereocenters. The van der Waals surface area contributed by atoms with Crippen LogP contribution in [-0.2, 0) is 9.54 Å². The zero-order valence-electron chi connectivity index (χ0n) is 14.8. The molecule has 26 heavy (non-hydrogen) atoms. The van der Waals surface area contributed by atoms with Gasteiger partial charge in [0.15, 0.2) is 5.17 Å². The molecule has 1 fully saturated rings. The predicted octanol–water partition coefficient (Wildman–Crippen LogP) is 3.81. The molecule has 1 aliphatic heterocycles. The summed E-state index contributed by atoms with van der Waals surface area (Å²) in [4.78, 5) is 21.4. The van der Waals surface area contributed by atoms with Crippen LogP contribution in [0.5, 0.6) is 5.88 Å². The van der Waals surface area contributed by atoms with Gasteiger partial charge in [0.25, 0.3) is 0 Å². The third-order valence-corrected chi connectivity index (χ3v) is 5.59. The number of pyridine rings is 1. The van der Waals surface area contributed by atoms with E-state index in [0.29, 0.717) is 11.0 Å². The Morgan fingerprint density at radius 2 is 2.08 bits per heavy atom. The molecule has 1 amide bonds. The first-order valence-electron chi connectivity index (χ1n) is 8.30. The number of amidine groups is 1. The number of aliphatic imine (C=N–C) groups is 1. The highest BCUT2D eigenvalue weighted by Crippen LogP contribution is 2.42. The molecule has 1 aliphatic rings. The first-order valence-corrected chi connectivity index (χ1v) is 9.12. The summed E-state index contributed by atoms with van der Waals surface area (Å²) in [5, 5.41) is 3.42. The summed E-state index contributed by atoms with van der Waals surface area (Å²) in [6, 6.07) is 9.71. The van der Waals surface area contributed by atoms with Gasteiger partial charge in [0.05, 0.1) is 13.2 Å². The lowest BCUT2D eigenvalue weighted by atomic mass is 10.0. The summed E-state index contributed by atoms with van der Waals surface area (Å²) >= 11 is 1.37. The minimum atomic E-state index is -0.809. The SMILES string of the molecule is CCC(N=C1NC(=O)C(C)(c2ccnc(OC)c2)S1)c1ccc(F)cc1. The maximum Gasteiger partial charge on any atom is 0.246 e. The average molecular weight is 373 g/mol. The largest absolute Gasteiger partial charge is 0.481 e. The number of aromatic nitrogens is 1. The first-order chi connectivity index (χ1) is 12.5. The van der Waals surface area contributed by atoms with Gasteiger partial charge in [-0.2, -0.15) is 0 Å². The van der Waals surface area contributed by atoms with Crippen molar-refractivity contribution < 1.29 is 13.9 Å². The van der Waals surface area contributed by atoms with Gasteiger partial charge in [-0.15, -0.1) is 0 Å². The maximum absolute atomic E-state index is 13.1. The third kappa shape index (κ3) is 3.58. The first kappa shape index (κ1) is 18.4. The molecule has 0 radical (unpaired) electrons. The number of amides is 1. The van der Waals surface area contributed by atoms with Crippen LogP contribution in [0, 0.1) is 5.82 Å². The summed E-state index contributed by atoms with van der Waals surface area (Å²) in [6.45, 7) is 3.86. The lowest BCUT2D eigenvalue weighted by molar-refractivity contribution is -0.121. The smallest absolute Gasteiger partial charge is 0.246 e. The van der Waals surface area contributed by atoms with E-state index in [1.165, 1.54) is 31.0 Å². The van der Waals surface area contributed by atoms with E-state index in [9.17, 15) is 9.18 Å². The maximum atomic E-state index is 13.1. The van der Waals surface area contributed by atoms with Crippen molar-refractivity contribution in [2.75, 3.05) is 7.11 Å². The number of hydrogen-bond acceptors (Lipinski definition) is 5. The van der Waals surface area contributed by atoms with Crippen molar-refractivity contribution in [1.29, 1.82) is 0 Å². The summed E-state index contributed by atoms with van der Waals surface area (Å²) < 4.78 is 17.5. The molecule has 1 N–H and O–H groups in total. The number of methoxy groups -OCH3 is 1. The number of nitrogens with zero attached hydrogens (tertiary/aromatic N) is 2. The fourth-order valence-corrected chi connectivity index (χ4v) is 3.87. The Kier molecular flexibility index (Phi) is 5.27. The van der Waals surface area contributed by atoms with Gasteiger partial charge in [-0.25, -0.2) is 9.37 Å². The zero-order valence-corrected chi connectivity index (χ0v) is 15.6. The Morgan fingerprint density at radius 3 is 2.73 bits per heavy atom. The van der Waals surface area contributed by atoms with Gasteiger partial charge >= 0.3 is 0 Å². The van der Waals surface area contributed by atoms with Crippen LogP contribution in [-0.4, -0.2) is 23.2 Å². The molecule has 2 aromatic rings. The number of benzene rings is 1. The highest BCUT2D eigenvalue weighted by molar-refractivity contribution is 8.15. The Hall–Kier alpha value is -2.41. The zero-order chi connectivity index (χ0) is 18.7. The van der Waals surface area contributed by atoms with Crippen molar-refractivity contribution in [2.45, 2.75) is 31.1 Å². The molecule has 0 saturated carbocycles. The molecule has 7 heteroatoms. The quantitative estimate of drug-likeness (QED) is 0.866. The second-order valence-electron chi connectivity index (χ2n) is 6.09. The lowest BCUT2D eigenvalue weighted by Gasteiger charge is -2.19. The number of ether oxygens (including phenoxy) is 1. The van der Waals surface area contributed by atoms with Crippen molar-refractivity contribution in [3.63, 3.8) is 0 Å². The van der Waals surface area contributed by atoms with E-state index in [1.807, 2.05) is 13.8 Å². The molecule has 0 spiro atoms. The van der Waals surface area contributed by atoms with Crippen LogP contribution >= 0.6 is 11.8 Å². The molecule has 2 unspecified atom stereocenters. The van der Waals surface area contributed by atoms with E-state index < -0.39 is 4.75 Å². The van der Waals surface area contributed by atoms with Crippen LogP contribution in [0.25, 0.3) is 0 Å². The van der Waals surface area contributed by atoms with Crippen LogP contribution in [0.4, 0.5) is 4.39 Å². The average Bonchev–Trinajstić information content (AvgIpc) is 2.95. The minimum Gasteiger partial charge on any atom is -0.481 e. The normalized spacial score (nSPS) is 22.3. The van der Waals surface area contributed by atoms with Crippen LogP contribution in [0.15, 0.2) is 47.6 Å². The fraction of sp³-hybridized carbons (Fsp3) is 0.316. The van der Waals surface area contributed by atoms with E-state index in [4.69, 9.17) is 4.74 Å². The predicted molar refractivity (Wildman–Crippen MR) is 101 cm³/mol. The number of halogens is 1. The highest BCUT2D eigenvalue weighted by Gasteiger charge is 2.44. The van der Waals surface area contributed by atoms with Crippen molar-refractivity contribution in [2.24, 2.45) is 4.99 Å². The van der Waals surface area contributed by atoms with Gasteiger partial charge in [0.1, 0.15) is 10.6 Å². The van der Waals surface area contributed by atoms with Gasteiger partial charge in [-0.1, -0.05) is 30.8 Å². The van der Waals surface area contributed by atoms with Crippen LogP contribution < -0.4 is 10.1 Å². The summed E-state index contributed by atoms with van der Waals surface area (Å²) in [7, 11) is 1.54. The molecule has 136 valence electrons. The molecule has 0 aliphatic carbocycles. The third-order valence-electron chi connectivity index (χ3n) is 4.36. The highest BCUT2D eigenvalue weighted by atomic mass is 32.2. The summed E-state index contributed by atoms with van der Waals surface area (Å²) in [5.41, 5.74) is 1.71. The topological polar surface area (TPSA) is 63.6 Å². The monoisotopic (exact) mass is 373 g/mol. The summed E-state index contributed by atoms with van der Waals surface area (Å²) in [5.74, 6) is 0.0442. The molecule has 1 aromatic carbocycles. The molecule has 1 aromatic heterocycles. The lowest BCUT2D eigenvalue weighted by Crippen LogP contribution is -2.31. The van der Waals surface area contributed by atoms with Crippen LogP contribution in [0.1, 0.15) is 37.4 Å². The summed E-state index contributed by atoms with van der Waals surface area (Å²) in [6.07, 6.45) is 2.36. The Morgan fingerprint density at radius 1 is 1.35 bits per heavy atom. The second-order valence-corrected chi connectivity index (χ2v) is 7.49. The standard InChI is InChI=1S/C19H20FN3O2S/c1-4-15(12-5-7-14(20)8-6-12)22-18-23-17(24)19(2,26-18)13-9-10-21-16(11-13)25-3/h5-11,15H,4H2,1-3H3,(H,22,23,24). The Bertz CT molecular complexity index is 841. The Labute approximate surface area is 156 Å². The number of hydrogen-bond donors (Lipinski definition) is 1. The molecular formula is C19H20FN3O2S. The van der Waals surface area contributed by atoms with Gasteiger partial charge in [0, 0.05) is 12.3 Å². The number of rotatable bonds is 5. The van der Waals surface area contributed by atoms with Gasteiger partial charge in [-0.05, 0) is 42.7 Å². The fourth-order valence-electron chi connectivity index (χ4n) is 2.78. The Balaban J connectivity index is 1.87. The number of carbonyl (C=O) groups is 1. The number of carbonyl (C=O) groups excluding carboxylic acids is 1. The molecule has 1 saturated heterocycles. The second kappa shape index (κ2) is 7.45. The molecule has 0 bridgehead atoms. The van der Waals surface area contributed by atoms with Crippen molar-refractivity contribution in [3.8, 4) is 5.88 Å². The number of thioether (sulfide) groups is 1. The van der Waals surface area contributed by atoms with Crippen molar-refractivity contribution >= 4 is 22.8 Å². The van der Waals surface area contributed by atoms with Gasteiger partial charge in [-0.3, -0.25) is 9.79 Å². The van der Waals surface area contributed by atoms with E-state index in [2.05, 4.69) is 15.3 Å². The molecule has 2 heterocycles. The van der Waals surface area contributed by atoms with Crippen molar-refractivity contribution in [1.82, 2.24) is 10.3 Å². The molecule has 5 nitrogen and oxygen atoms in total. The minimum absolute atomic E-state index is 0.136. The van der Waals surface area contributed by atoms with E-state index in [0.717, 1.165) is 17.5 Å². The number of nitrogens with one attached hydrogen (secondary N) is 1. The van der Waals surface area contributed by atoms with Gasteiger partial charge in [0.2, 0.25) is 11.8 Å². The molecule has 3 rings (SSSR count). The molecular weight excluding hydrogens is 353 g/mol. The van der Waals surface area contributed by atoms with Crippen LogP contribution in [0.3, 0.4) is 0 Å².